The predicted octanol–water partition coefficient (Wildman–Crippen LogP) is 3.87. The molecule has 4 aromatic carbocycles. The highest BCUT2D eigenvalue weighted by molar-refractivity contribution is 5.91. The molecule has 8 fully saturated rings. The van der Waals surface area contributed by atoms with Crippen LogP contribution in [-0.2, 0) is 56.8 Å². The largest absolute Gasteiger partial charge is 0.453 e. The molecule has 0 amide bonds. The Bertz CT molecular complexity index is 1840. The van der Waals surface area contributed by atoms with Crippen LogP contribution in [0, 0.1) is 0 Å². The molecule has 2 aliphatic carbocycles. The molecule has 0 radical (unpaired) electrons. The first-order valence-corrected chi connectivity index (χ1v) is 19.3. The van der Waals surface area contributed by atoms with E-state index in [1.54, 1.807) is 97.1 Å². The summed E-state index contributed by atoms with van der Waals surface area (Å²) in [5.74, 6) is -2.10. The van der Waals surface area contributed by atoms with Crippen LogP contribution >= 0.6 is 0 Å². The Hall–Kier alpha value is -5.56. The van der Waals surface area contributed by atoms with Crippen molar-refractivity contribution in [2.75, 3.05) is 14.2 Å². The van der Waals surface area contributed by atoms with Gasteiger partial charge in [0.25, 0.3) is 13.0 Å². The molecule has 8 bridgehead atoms. The summed E-state index contributed by atoms with van der Waals surface area (Å²) < 4.78 is 68.6. The van der Waals surface area contributed by atoms with Crippen LogP contribution in [0.25, 0.3) is 0 Å². The standard InChI is InChI=1S/2C22H20O8/c2*1-25-14-15-17(26-20(23)12-8-4-2-5-9-12)19-18(16(14)29-22(28-15)30-19)27-21(24)13-10-6-3-7-11-13/h2*2-11,14-19,22H,1H3/t2*14?,15-,16+,17-,18-,19?,22?/m00/s1. The summed E-state index contributed by atoms with van der Waals surface area (Å²) in [7, 11) is 3.01. The van der Waals surface area contributed by atoms with Crippen molar-refractivity contribution in [3.05, 3.63) is 144 Å². The van der Waals surface area contributed by atoms with Gasteiger partial charge in [0.05, 0.1) is 22.3 Å². The lowest BCUT2D eigenvalue weighted by molar-refractivity contribution is -0.480. The van der Waals surface area contributed by atoms with E-state index >= 15 is 0 Å². The van der Waals surface area contributed by atoms with Crippen molar-refractivity contribution in [3.8, 4) is 0 Å². The fourth-order valence-electron chi connectivity index (χ4n) is 8.27. The van der Waals surface area contributed by atoms with E-state index in [-0.39, 0.29) is 0 Å². The number of methoxy groups -OCH3 is 2. The van der Waals surface area contributed by atoms with E-state index in [1.165, 1.54) is 14.2 Å². The molecule has 0 aromatic heterocycles. The van der Waals surface area contributed by atoms with Crippen molar-refractivity contribution >= 4 is 23.9 Å². The molecule has 4 aromatic rings. The van der Waals surface area contributed by atoms with Gasteiger partial charge in [0.15, 0.2) is 24.4 Å². The van der Waals surface area contributed by atoms with E-state index in [1.807, 2.05) is 24.3 Å². The predicted molar refractivity (Wildman–Crippen MR) is 201 cm³/mol. The summed E-state index contributed by atoms with van der Waals surface area (Å²) in [6.45, 7) is -1.84. The van der Waals surface area contributed by atoms with E-state index in [0.717, 1.165) is 0 Å². The first-order valence-electron chi connectivity index (χ1n) is 19.3. The molecule has 6 heterocycles. The third-order valence-electron chi connectivity index (χ3n) is 11.0. The average molecular weight is 825 g/mol. The van der Waals surface area contributed by atoms with Gasteiger partial charge < -0.3 is 56.8 Å². The Kier molecular flexibility index (Phi) is 11.4. The molecule has 12 rings (SSSR count). The van der Waals surface area contributed by atoms with Crippen LogP contribution in [0.5, 0.6) is 0 Å². The summed E-state index contributed by atoms with van der Waals surface area (Å²) in [5, 5.41) is 0. The lowest BCUT2D eigenvalue weighted by Gasteiger charge is -2.57. The minimum Gasteiger partial charge on any atom is -0.453 e. The van der Waals surface area contributed by atoms with Gasteiger partial charge in [0.1, 0.15) is 48.8 Å². The number of benzene rings is 4. The van der Waals surface area contributed by atoms with Gasteiger partial charge >= 0.3 is 23.9 Å². The summed E-state index contributed by atoms with van der Waals surface area (Å²) in [4.78, 5) is 50.7. The highest BCUT2D eigenvalue weighted by atomic mass is 16.9. The van der Waals surface area contributed by atoms with Crippen LogP contribution in [0.2, 0.25) is 0 Å². The van der Waals surface area contributed by atoms with E-state index in [9.17, 15) is 19.2 Å². The molecular formula is C44H40O16. The third kappa shape index (κ3) is 7.68. The number of rotatable bonds is 10. The van der Waals surface area contributed by atoms with Gasteiger partial charge in [-0.15, -0.1) is 0 Å². The minimum absolute atomic E-state index is 0.398. The fraction of sp³-hybridized carbons (Fsp3) is 0.364. The van der Waals surface area contributed by atoms with Gasteiger partial charge in [-0.1, -0.05) is 72.8 Å². The highest BCUT2D eigenvalue weighted by Crippen LogP contribution is 2.45. The van der Waals surface area contributed by atoms with Crippen molar-refractivity contribution in [1.29, 1.82) is 0 Å². The summed E-state index contributed by atoms with van der Waals surface area (Å²) in [5.41, 5.74) is 1.59. The Morgan fingerprint density at radius 2 is 0.533 bits per heavy atom. The number of esters is 4. The molecular weight excluding hydrogens is 784 g/mol. The lowest BCUT2D eigenvalue weighted by atomic mass is 9.82. The number of hydrogen-bond acceptors (Lipinski definition) is 16. The van der Waals surface area contributed by atoms with Crippen molar-refractivity contribution in [2.24, 2.45) is 0 Å². The Morgan fingerprint density at radius 1 is 0.333 bits per heavy atom. The monoisotopic (exact) mass is 824 g/mol. The second-order valence-electron chi connectivity index (χ2n) is 14.5. The van der Waals surface area contributed by atoms with Gasteiger partial charge in [-0.2, -0.15) is 0 Å². The first kappa shape index (κ1) is 39.9. The fourth-order valence-corrected chi connectivity index (χ4v) is 8.27. The lowest BCUT2D eigenvalue weighted by Crippen LogP contribution is -2.76. The molecule has 6 saturated heterocycles. The quantitative estimate of drug-likeness (QED) is 0.166. The number of hydrogen-bond donors (Lipinski definition) is 0. The van der Waals surface area contributed by atoms with Crippen molar-refractivity contribution in [1.82, 2.24) is 0 Å². The maximum Gasteiger partial charge on any atom is 0.338 e. The summed E-state index contributed by atoms with van der Waals surface area (Å²) >= 11 is 0. The van der Waals surface area contributed by atoms with Crippen LogP contribution in [0.4, 0.5) is 0 Å². The maximum absolute atomic E-state index is 12.7. The molecule has 0 spiro atoms. The second kappa shape index (κ2) is 17.2. The molecule has 6 unspecified atom stereocenters. The number of carbonyl (C=O) groups excluding carboxylic acids is 4. The SMILES string of the molecule is COC1[C@H]2OC3OC([C@H]2OC(=O)c2ccccc2)[C@@H](OC(=O)c2ccccc2)[C@H]1O3.COC1[C@H]2OC3OC([C@H]2OC(=O)c2ccccc2)[C@@H](OC(=O)c2ccccc2)[C@H]1O3. The Balaban J connectivity index is 0.000000154. The molecule has 16 nitrogen and oxygen atoms in total. The summed E-state index contributed by atoms with van der Waals surface area (Å²) in [6.07, 6.45) is -8.37. The molecule has 14 atom stereocenters. The second-order valence-corrected chi connectivity index (χ2v) is 14.5. The minimum atomic E-state index is -0.922. The maximum atomic E-state index is 12.7. The van der Waals surface area contributed by atoms with Crippen molar-refractivity contribution < 1.29 is 76.0 Å². The van der Waals surface area contributed by atoms with E-state index in [4.69, 9.17) is 56.8 Å². The van der Waals surface area contributed by atoms with Gasteiger partial charge in [0.2, 0.25) is 0 Å². The topological polar surface area (TPSA) is 179 Å². The Morgan fingerprint density at radius 3 is 0.733 bits per heavy atom. The van der Waals surface area contributed by atoms with E-state index in [0.29, 0.717) is 22.3 Å². The number of ether oxygens (including phenoxy) is 12. The first-order chi connectivity index (χ1) is 29.3. The van der Waals surface area contributed by atoms with E-state index < -0.39 is 110 Å². The number of carbonyl (C=O) groups is 4. The van der Waals surface area contributed by atoms with Crippen LogP contribution < -0.4 is 0 Å². The summed E-state index contributed by atoms with van der Waals surface area (Å²) in [6, 6.07) is 34.5. The van der Waals surface area contributed by atoms with Gasteiger partial charge in [-0.25, -0.2) is 19.2 Å². The molecule has 60 heavy (non-hydrogen) atoms. The smallest absolute Gasteiger partial charge is 0.338 e. The van der Waals surface area contributed by atoms with Gasteiger partial charge in [-0.05, 0) is 48.5 Å². The zero-order chi connectivity index (χ0) is 41.3. The molecule has 16 heteroatoms. The molecule has 2 saturated carbocycles. The van der Waals surface area contributed by atoms with Crippen LogP contribution in [0.15, 0.2) is 121 Å². The molecule has 8 aliphatic rings. The van der Waals surface area contributed by atoms with Gasteiger partial charge in [-0.3, -0.25) is 0 Å². The third-order valence-corrected chi connectivity index (χ3v) is 11.0. The normalized spacial score (nSPS) is 33.8. The van der Waals surface area contributed by atoms with Crippen LogP contribution in [0.3, 0.4) is 0 Å². The van der Waals surface area contributed by atoms with Crippen molar-refractivity contribution in [3.63, 3.8) is 0 Å². The zero-order valence-corrected chi connectivity index (χ0v) is 32.2. The van der Waals surface area contributed by atoms with Crippen LogP contribution in [0.1, 0.15) is 41.4 Å². The Labute approximate surface area is 343 Å². The molecule has 312 valence electrons. The van der Waals surface area contributed by atoms with Crippen LogP contribution in [-0.4, -0.2) is 124 Å². The highest BCUT2D eigenvalue weighted by Gasteiger charge is 2.66. The average Bonchev–Trinajstić information content (AvgIpc) is 3.29. The van der Waals surface area contributed by atoms with E-state index in [2.05, 4.69) is 0 Å². The van der Waals surface area contributed by atoms with Crippen molar-refractivity contribution in [2.45, 2.75) is 86.2 Å². The molecule has 6 aliphatic heterocycles. The zero-order valence-electron chi connectivity index (χ0n) is 32.2. The van der Waals surface area contributed by atoms with Gasteiger partial charge in [0, 0.05) is 14.2 Å². The molecule has 0 N–H and O–H groups in total.